The van der Waals surface area contributed by atoms with Gasteiger partial charge in [0, 0.05) is 5.02 Å². The van der Waals surface area contributed by atoms with E-state index in [0.29, 0.717) is 10.7 Å². The number of halogens is 2. The normalized spacial score (nSPS) is 12.2. The van der Waals surface area contributed by atoms with Gasteiger partial charge in [-0.1, -0.05) is 41.9 Å². The summed E-state index contributed by atoms with van der Waals surface area (Å²) in [6.45, 7) is 1.95. The third-order valence-corrected chi connectivity index (χ3v) is 2.96. The van der Waals surface area contributed by atoms with Crippen LogP contribution in [-0.4, -0.2) is 0 Å². The molecule has 0 saturated carbocycles. The SMILES string of the molecule is CC(Nc1ccccc1F)c1ccccc1Cl. The number of hydrogen-bond acceptors (Lipinski definition) is 1. The number of rotatable bonds is 3. The summed E-state index contributed by atoms with van der Waals surface area (Å²) < 4.78 is 13.5. The van der Waals surface area contributed by atoms with Gasteiger partial charge in [0.25, 0.3) is 0 Å². The highest BCUT2D eigenvalue weighted by Crippen LogP contribution is 2.26. The lowest BCUT2D eigenvalue weighted by molar-refractivity contribution is 0.627. The summed E-state index contributed by atoms with van der Waals surface area (Å²) >= 11 is 6.09. The Hall–Kier alpha value is -1.54. The van der Waals surface area contributed by atoms with E-state index in [4.69, 9.17) is 11.6 Å². The van der Waals surface area contributed by atoms with Crippen LogP contribution >= 0.6 is 11.6 Å². The van der Waals surface area contributed by atoms with E-state index in [1.807, 2.05) is 31.2 Å². The second-order valence-electron chi connectivity index (χ2n) is 3.87. The van der Waals surface area contributed by atoms with Crippen molar-refractivity contribution in [3.63, 3.8) is 0 Å². The fraction of sp³-hybridized carbons (Fsp3) is 0.143. The van der Waals surface area contributed by atoms with Crippen LogP contribution in [0.15, 0.2) is 48.5 Å². The second kappa shape index (κ2) is 5.19. The minimum Gasteiger partial charge on any atom is -0.376 e. The van der Waals surface area contributed by atoms with E-state index >= 15 is 0 Å². The van der Waals surface area contributed by atoms with Crippen LogP contribution in [0.1, 0.15) is 18.5 Å². The van der Waals surface area contributed by atoms with Crippen molar-refractivity contribution in [2.24, 2.45) is 0 Å². The molecule has 2 aromatic carbocycles. The number of benzene rings is 2. The number of nitrogens with one attached hydrogen (secondary N) is 1. The first-order valence-electron chi connectivity index (χ1n) is 5.44. The van der Waals surface area contributed by atoms with Crippen molar-refractivity contribution >= 4 is 17.3 Å². The first-order valence-corrected chi connectivity index (χ1v) is 5.82. The molecule has 1 N–H and O–H groups in total. The Morgan fingerprint density at radius 3 is 2.41 bits per heavy atom. The van der Waals surface area contributed by atoms with Gasteiger partial charge in [0.1, 0.15) is 5.82 Å². The van der Waals surface area contributed by atoms with Gasteiger partial charge < -0.3 is 5.32 Å². The minimum atomic E-state index is -0.258. The molecule has 0 fully saturated rings. The average Bonchev–Trinajstić information content (AvgIpc) is 2.32. The molecular formula is C14H13ClFN. The molecule has 0 aromatic heterocycles. The van der Waals surface area contributed by atoms with E-state index in [2.05, 4.69) is 5.32 Å². The molecule has 2 rings (SSSR count). The van der Waals surface area contributed by atoms with Crippen LogP contribution in [0.3, 0.4) is 0 Å². The largest absolute Gasteiger partial charge is 0.376 e. The van der Waals surface area contributed by atoms with E-state index < -0.39 is 0 Å². The first kappa shape index (κ1) is 11.9. The Balaban J connectivity index is 2.20. The first-order chi connectivity index (χ1) is 8.18. The zero-order chi connectivity index (χ0) is 12.3. The zero-order valence-electron chi connectivity index (χ0n) is 9.45. The Labute approximate surface area is 105 Å². The van der Waals surface area contributed by atoms with E-state index in [-0.39, 0.29) is 11.9 Å². The lowest BCUT2D eigenvalue weighted by Crippen LogP contribution is -2.08. The fourth-order valence-corrected chi connectivity index (χ4v) is 2.01. The summed E-state index contributed by atoms with van der Waals surface area (Å²) in [5, 5.41) is 3.79. The van der Waals surface area contributed by atoms with Crippen molar-refractivity contribution in [1.82, 2.24) is 0 Å². The van der Waals surface area contributed by atoms with Gasteiger partial charge in [-0.05, 0) is 30.7 Å². The summed E-state index contributed by atoms with van der Waals surface area (Å²) in [6, 6.07) is 14.1. The van der Waals surface area contributed by atoms with Gasteiger partial charge in [-0.3, -0.25) is 0 Å². The Morgan fingerprint density at radius 2 is 1.71 bits per heavy atom. The smallest absolute Gasteiger partial charge is 0.146 e. The predicted molar refractivity (Wildman–Crippen MR) is 69.9 cm³/mol. The number of para-hydroxylation sites is 1. The molecule has 0 aliphatic rings. The average molecular weight is 250 g/mol. The summed E-state index contributed by atoms with van der Waals surface area (Å²) in [7, 11) is 0. The Bertz CT molecular complexity index is 513. The van der Waals surface area contributed by atoms with Crippen LogP contribution in [-0.2, 0) is 0 Å². The molecule has 0 aliphatic carbocycles. The lowest BCUT2D eigenvalue weighted by atomic mass is 10.1. The topological polar surface area (TPSA) is 12.0 Å². The van der Waals surface area contributed by atoms with Gasteiger partial charge in [0.15, 0.2) is 0 Å². The van der Waals surface area contributed by atoms with Crippen LogP contribution in [0.2, 0.25) is 5.02 Å². The predicted octanol–water partition coefficient (Wildman–Crippen LogP) is 4.65. The van der Waals surface area contributed by atoms with Crippen LogP contribution in [0, 0.1) is 5.82 Å². The zero-order valence-corrected chi connectivity index (χ0v) is 10.2. The summed E-state index contributed by atoms with van der Waals surface area (Å²) in [6.07, 6.45) is 0. The maximum Gasteiger partial charge on any atom is 0.146 e. The third kappa shape index (κ3) is 2.77. The second-order valence-corrected chi connectivity index (χ2v) is 4.27. The highest BCUT2D eigenvalue weighted by Gasteiger charge is 2.10. The molecule has 0 aliphatic heterocycles. The molecule has 2 aromatic rings. The van der Waals surface area contributed by atoms with Gasteiger partial charge in [-0.2, -0.15) is 0 Å². The molecular weight excluding hydrogens is 237 g/mol. The molecule has 88 valence electrons. The molecule has 0 saturated heterocycles. The Kier molecular flexibility index (Phi) is 3.64. The van der Waals surface area contributed by atoms with E-state index in [1.54, 1.807) is 18.2 Å². The molecule has 0 amide bonds. The fourth-order valence-electron chi connectivity index (χ4n) is 1.72. The number of hydrogen-bond donors (Lipinski definition) is 1. The Morgan fingerprint density at radius 1 is 1.06 bits per heavy atom. The molecule has 17 heavy (non-hydrogen) atoms. The summed E-state index contributed by atoms with van der Waals surface area (Å²) in [5.41, 5.74) is 1.44. The molecule has 0 heterocycles. The summed E-state index contributed by atoms with van der Waals surface area (Å²) in [5.74, 6) is -0.258. The van der Waals surface area contributed by atoms with Crippen molar-refractivity contribution in [3.8, 4) is 0 Å². The molecule has 1 unspecified atom stereocenters. The maximum atomic E-state index is 13.5. The third-order valence-electron chi connectivity index (χ3n) is 2.62. The van der Waals surface area contributed by atoms with Crippen LogP contribution in [0.25, 0.3) is 0 Å². The number of anilines is 1. The highest BCUT2D eigenvalue weighted by atomic mass is 35.5. The maximum absolute atomic E-state index is 13.5. The molecule has 1 nitrogen and oxygen atoms in total. The molecule has 3 heteroatoms. The van der Waals surface area contributed by atoms with E-state index in [9.17, 15) is 4.39 Å². The van der Waals surface area contributed by atoms with Crippen molar-refractivity contribution in [1.29, 1.82) is 0 Å². The van der Waals surface area contributed by atoms with Crippen molar-refractivity contribution < 1.29 is 4.39 Å². The van der Waals surface area contributed by atoms with Gasteiger partial charge >= 0.3 is 0 Å². The lowest BCUT2D eigenvalue weighted by Gasteiger charge is -2.17. The quantitative estimate of drug-likeness (QED) is 0.835. The van der Waals surface area contributed by atoms with Crippen molar-refractivity contribution in [3.05, 3.63) is 64.9 Å². The van der Waals surface area contributed by atoms with Crippen LogP contribution in [0.5, 0.6) is 0 Å². The van der Waals surface area contributed by atoms with Crippen LogP contribution < -0.4 is 5.32 Å². The molecule has 1 atom stereocenters. The standard InChI is InChI=1S/C14H13ClFN/c1-10(11-6-2-3-7-12(11)15)17-14-9-5-4-8-13(14)16/h2-10,17H,1H3. The van der Waals surface area contributed by atoms with E-state index in [0.717, 1.165) is 5.56 Å². The van der Waals surface area contributed by atoms with Crippen LogP contribution in [0.4, 0.5) is 10.1 Å². The van der Waals surface area contributed by atoms with Gasteiger partial charge in [-0.25, -0.2) is 4.39 Å². The van der Waals surface area contributed by atoms with Gasteiger partial charge in [0.2, 0.25) is 0 Å². The summed E-state index contributed by atoms with van der Waals surface area (Å²) in [4.78, 5) is 0. The van der Waals surface area contributed by atoms with Gasteiger partial charge in [0.05, 0.1) is 11.7 Å². The minimum absolute atomic E-state index is 0.0411. The van der Waals surface area contributed by atoms with E-state index in [1.165, 1.54) is 6.07 Å². The van der Waals surface area contributed by atoms with Crippen molar-refractivity contribution in [2.75, 3.05) is 5.32 Å². The molecule has 0 radical (unpaired) electrons. The molecule has 0 bridgehead atoms. The monoisotopic (exact) mass is 249 g/mol. The molecule has 0 spiro atoms. The highest BCUT2D eigenvalue weighted by molar-refractivity contribution is 6.31. The van der Waals surface area contributed by atoms with Crippen molar-refractivity contribution in [2.45, 2.75) is 13.0 Å². The van der Waals surface area contributed by atoms with Gasteiger partial charge in [-0.15, -0.1) is 0 Å².